The second kappa shape index (κ2) is 8.22. The second-order valence-corrected chi connectivity index (χ2v) is 7.83. The van der Waals surface area contributed by atoms with Crippen molar-refractivity contribution in [1.82, 2.24) is 25.2 Å². The molecule has 1 N–H and O–H groups in total. The summed E-state index contributed by atoms with van der Waals surface area (Å²) in [5.74, 6) is -0.580. The number of rotatable bonds is 7. The van der Waals surface area contributed by atoms with Crippen LogP contribution >= 0.6 is 11.8 Å². The Morgan fingerprint density at radius 3 is 2.89 bits per heavy atom. The maximum Gasteiger partial charge on any atom is 0.339 e. The quantitative estimate of drug-likeness (QED) is 0.431. The Kier molecular flexibility index (Phi) is 5.95. The van der Waals surface area contributed by atoms with Crippen LogP contribution in [0.4, 0.5) is 0 Å². The van der Waals surface area contributed by atoms with Crippen molar-refractivity contribution in [2.75, 3.05) is 13.7 Å². The molecule has 0 bridgehead atoms. The Balaban J connectivity index is 1.74. The van der Waals surface area contributed by atoms with Gasteiger partial charge in [-0.1, -0.05) is 11.8 Å². The number of Topliss-reactive ketones (excluding diaryl/α,β-unsaturated/α-hetero) is 1. The van der Waals surface area contributed by atoms with Gasteiger partial charge >= 0.3 is 5.97 Å². The monoisotopic (exact) mass is 393 g/mol. The third-order valence-corrected chi connectivity index (χ3v) is 5.70. The lowest BCUT2D eigenvalue weighted by Gasteiger charge is -2.12. The number of ketones is 1. The Hall–Kier alpha value is -2.20. The molecular weight excluding hydrogens is 370 g/mol. The fourth-order valence-electron chi connectivity index (χ4n) is 3.20. The molecule has 0 radical (unpaired) electrons. The van der Waals surface area contributed by atoms with Crippen LogP contribution in [-0.2, 0) is 16.0 Å². The Labute approximate surface area is 161 Å². The number of hydrogen-bond acceptors (Lipinski definition) is 8. The van der Waals surface area contributed by atoms with Crippen molar-refractivity contribution in [1.29, 1.82) is 0 Å². The number of esters is 1. The Morgan fingerprint density at radius 2 is 2.22 bits per heavy atom. The van der Waals surface area contributed by atoms with Gasteiger partial charge in [-0.2, -0.15) is 0 Å². The molecular formula is C17H23N5O4S. The van der Waals surface area contributed by atoms with Crippen LogP contribution in [0.3, 0.4) is 0 Å². The van der Waals surface area contributed by atoms with E-state index in [2.05, 4.69) is 20.5 Å². The predicted octanol–water partition coefficient (Wildman–Crippen LogP) is 1.95. The molecule has 9 nitrogen and oxygen atoms in total. The number of ether oxygens (including phenoxy) is 2. The first kappa shape index (κ1) is 19.6. The number of aromatic nitrogens is 5. The second-order valence-electron chi connectivity index (χ2n) is 6.52. The van der Waals surface area contributed by atoms with Gasteiger partial charge in [0, 0.05) is 12.3 Å². The van der Waals surface area contributed by atoms with E-state index in [0.29, 0.717) is 34.2 Å². The molecule has 0 spiro atoms. The summed E-state index contributed by atoms with van der Waals surface area (Å²) < 4.78 is 12.1. The summed E-state index contributed by atoms with van der Waals surface area (Å²) in [5.41, 5.74) is 2.02. The molecule has 2 atom stereocenters. The van der Waals surface area contributed by atoms with E-state index in [-0.39, 0.29) is 11.9 Å². The minimum atomic E-state index is -0.457. The zero-order chi connectivity index (χ0) is 19.6. The van der Waals surface area contributed by atoms with Crippen LogP contribution in [0.2, 0.25) is 0 Å². The van der Waals surface area contributed by atoms with E-state index < -0.39 is 11.2 Å². The first-order valence-electron chi connectivity index (χ1n) is 8.78. The average Bonchev–Trinajstić information content (AvgIpc) is 3.37. The highest BCUT2D eigenvalue weighted by Crippen LogP contribution is 2.27. The van der Waals surface area contributed by atoms with Gasteiger partial charge in [-0.05, 0) is 49.6 Å². The zero-order valence-corrected chi connectivity index (χ0v) is 16.6. The number of aromatic amines is 1. The maximum absolute atomic E-state index is 12.9. The summed E-state index contributed by atoms with van der Waals surface area (Å²) in [4.78, 5) is 27.9. The minimum Gasteiger partial charge on any atom is -0.465 e. The van der Waals surface area contributed by atoms with E-state index in [4.69, 9.17) is 9.47 Å². The molecule has 27 heavy (non-hydrogen) atoms. The molecule has 1 aliphatic rings. The van der Waals surface area contributed by atoms with E-state index in [1.165, 1.54) is 18.9 Å². The van der Waals surface area contributed by atoms with Crippen molar-refractivity contribution in [2.24, 2.45) is 0 Å². The standard InChI is InChI=1S/C17H23N5O4S/c1-9-13(16(24)25-4)10(2)18-14(9)15(23)11(3)27-17-19-20-21-22(17)8-12-6-5-7-26-12/h11-12,18H,5-8H2,1-4H3/t11-,12+/m1/s1. The summed E-state index contributed by atoms with van der Waals surface area (Å²) in [6.45, 7) is 6.62. The van der Waals surface area contributed by atoms with E-state index >= 15 is 0 Å². The first-order valence-corrected chi connectivity index (χ1v) is 9.66. The number of carbonyl (C=O) groups is 2. The van der Waals surface area contributed by atoms with Crippen molar-refractivity contribution in [3.63, 3.8) is 0 Å². The lowest BCUT2D eigenvalue weighted by atomic mass is 10.1. The van der Waals surface area contributed by atoms with Crippen molar-refractivity contribution in [3.8, 4) is 0 Å². The largest absolute Gasteiger partial charge is 0.465 e. The zero-order valence-electron chi connectivity index (χ0n) is 15.8. The van der Waals surface area contributed by atoms with Gasteiger partial charge in [-0.25, -0.2) is 9.48 Å². The van der Waals surface area contributed by atoms with Crippen molar-refractivity contribution < 1.29 is 19.1 Å². The third-order valence-electron chi connectivity index (χ3n) is 4.62. The molecule has 1 aliphatic heterocycles. The molecule has 1 fully saturated rings. The highest BCUT2D eigenvalue weighted by molar-refractivity contribution is 8.00. The van der Waals surface area contributed by atoms with E-state index in [0.717, 1.165) is 19.4 Å². The summed E-state index contributed by atoms with van der Waals surface area (Å²) in [7, 11) is 1.32. The molecule has 2 aromatic rings. The number of carbonyl (C=O) groups excluding carboxylic acids is 2. The van der Waals surface area contributed by atoms with Gasteiger partial charge in [0.25, 0.3) is 0 Å². The molecule has 0 aliphatic carbocycles. The minimum absolute atomic E-state index is 0.106. The first-order chi connectivity index (χ1) is 12.9. The van der Waals surface area contributed by atoms with E-state index in [1.54, 1.807) is 25.5 Å². The number of thioether (sulfide) groups is 1. The number of H-pyrrole nitrogens is 1. The van der Waals surface area contributed by atoms with Crippen LogP contribution in [0.5, 0.6) is 0 Å². The highest BCUT2D eigenvalue weighted by atomic mass is 32.2. The summed E-state index contributed by atoms with van der Waals surface area (Å²) in [6.07, 6.45) is 2.13. The number of nitrogens with one attached hydrogen (secondary N) is 1. The van der Waals surface area contributed by atoms with Crippen LogP contribution in [0, 0.1) is 13.8 Å². The SMILES string of the molecule is COC(=O)c1c(C)[nH]c(C(=O)[C@@H](C)Sc2nnnn2C[C@@H]2CCCO2)c1C. The van der Waals surface area contributed by atoms with E-state index in [9.17, 15) is 9.59 Å². The average molecular weight is 393 g/mol. The number of methoxy groups -OCH3 is 1. The molecule has 0 saturated carbocycles. The number of aryl methyl sites for hydroxylation is 1. The van der Waals surface area contributed by atoms with Crippen molar-refractivity contribution in [3.05, 3.63) is 22.5 Å². The normalized spacial score (nSPS) is 17.9. The molecule has 0 amide bonds. The van der Waals surface area contributed by atoms with Crippen molar-refractivity contribution >= 4 is 23.5 Å². The van der Waals surface area contributed by atoms with Crippen LogP contribution in [0.1, 0.15) is 51.9 Å². The van der Waals surface area contributed by atoms with Crippen LogP contribution in [0.15, 0.2) is 5.16 Å². The van der Waals surface area contributed by atoms with Gasteiger partial charge in [0.1, 0.15) is 0 Å². The maximum atomic E-state index is 12.9. The molecule has 0 aromatic carbocycles. The molecule has 0 unspecified atom stereocenters. The van der Waals surface area contributed by atoms with Crippen LogP contribution in [0.25, 0.3) is 0 Å². The lowest BCUT2D eigenvalue weighted by Crippen LogP contribution is -2.19. The van der Waals surface area contributed by atoms with Gasteiger partial charge in [-0.15, -0.1) is 5.10 Å². The lowest BCUT2D eigenvalue weighted by molar-refractivity contribution is 0.0599. The smallest absolute Gasteiger partial charge is 0.339 e. The number of hydrogen-bond donors (Lipinski definition) is 1. The number of nitrogens with zero attached hydrogens (tertiary/aromatic N) is 4. The fourth-order valence-corrected chi connectivity index (χ4v) is 4.05. The van der Waals surface area contributed by atoms with Crippen LogP contribution < -0.4 is 0 Å². The summed E-state index contributed by atoms with van der Waals surface area (Å²) >= 11 is 1.29. The van der Waals surface area contributed by atoms with E-state index in [1.807, 2.05) is 0 Å². The van der Waals surface area contributed by atoms with Crippen molar-refractivity contribution in [2.45, 2.75) is 56.7 Å². The van der Waals surface area contributed by atoms with Gasteiger partial charge in [-0.3, -0.25) is 4.79 Å². The molecule has 10 heteroatoms. The molecule has 3 rings (SSSR count). The molecule has 2 aromatic heterocycles. The molecule has 1 saturated heterocycles. The van der Waals surface area contributed by atoms with Gasteiger partial charge in [0.05, 0.1) is 36.3 Å². The highest BCUT2D eigenvalue weighted by Gasteiger charge is 2.27. The Morgan fingerprint density at radius 1 is 1.44 bits per heavy atom. The fraction of sp³-hybridized carbons (Fsp3) is 0.588. The van der Waals surface area contributed by atoms with Gasteiger partial charge < -0.3 is 14.5 Å². The molecule has 3 heterocycles. The topological polar surface area (TPSA) is 112 Å². The summed E-state index contributed by atoms with van der Waals surface area (Å²) in [5, 5.41) is 11.9. The molecule has 146 valence electrons. The third kappa shape index (κ3) is 4.06. The summed E-state index contributed by atoms with van der Waals surface area (Å²) in [6, 6.07) is 0. The number of tetrazole rings is 1. The predicted molar refractivity (Wildman–Crippen MR) is 98.0 cm³/mol. The van der Waals surface area contributed by atoms with Crippen LogP contribution in [-0.4, -0.2) is 62.0 Å². The Bertz CT molecular complexity index is 840. The van der Waals surface area contributed by atoms with Gasteiger partial charge in [0.15, 0.2) is 5.78 Å². The van der Waals surface area contributed by atoms with Gasteiger partial charge in [0.2, 0.25) is 5.16 Å².